The summed E-state index contributed by atoms with van der Waals surface area (Å²) in [5, 5.41) is 13.3. The first-order chi connectivity index (χ1) is 12.3. The molecular formula is C17H14F3N3O3. The van der Waals surface area contributed by atoms with Crippen LogP contribution in [-0.4, -0.2) is 31.4 Å². The van der Waals surface area contributed by atoms with Crippen molar-refractivity contribution in [3.05, 3.63) is 58.9 Å². The highest BCUT2D eigenvalue weighted by atomic mass is 19.4. The van der Waals surface area contributed by atoms with Crippen LogP contribution in [0.4, 0.5) is 13.2 Å². The Balaban J connectivity index is 2.03. The van der Waals surface area contributed by atoms with Gasteiger partial charge in [-0.15, -0.1) is 0 Å². The molecule has 0 saturated carbocycles. The molecule has 2 aromatic heterocycles. The quantitative estimate of drug-likeness (QED) is 0.665. The number of hydrogen-bond acceptors (Lipinski definition) is 5. The highest BCUT2D eigenvalue weighted by Crippen LogP contribution is 2.33. The van der Waals surface area contributed by atoms with E-state index in [4.69, 9.17) is 0 Å². The van der Waals surface area contributed by atoms with Gasteiger partial charge in [-0.2, -0.15) is 18.3 Å². The number of carbonyl (C=O) groups is 2. The summed E-state index contributed by atoms with van der Waals surface area (Å²) in [6, 6.07) is 4.94. The van der Waals surface area contributed by atoms with Gasteiger partial charge in [-0.05, 0) is 18.6 Å². The molecule has 6 nitrogen and oxygen atoms in total. The van der Waals surface area contributed by atoms with E-state index >= 15 is 0 Å². The van der Waals surface area contributed by atoms with Crippen molar-refractivity contribution in [1.29, 1.82) is 0 Å². The van der Waals surface area contributed by atoms with Crippen LogP contribution >= 0.6 is 0 Å². The molecule has 0 aliphatic heterocycles. The Morgan fingerprint density at radius 2 is 2.04 bits per heavy atom. The van der Waals surface area contributed by atoms with Gasteiger partial charge in [0.1, 0.15) is 11.3 Å². The van der Waals surface area contributed by atoms with Crippen molar-refractivity contribution in [3.8, 4) is 0 Å². The minimum atomic E-state index is -4.88. The van der Waals surface area contributed by atoms with Crippen LogP contribution < -0.4 is 0 Å². The van der Waals surface area contributed by atoms with Crippen molar-refractivity contribution in [3.63, 3.8) is 0 Å². The summed E-state index contributed by atoms with van der Waals surface area (Å²) in [7, 11) is 0. The van der Waals surface area contributed by atoms with Crippen LogP contribution in [0, 0.1) is 0 Å². The lowest BCUT2D eigenvalue weighted by Gasteiger charge is -2.14. The molecule has 0 spiro atoms. The van der Waals surface area contributed by atoms with Crippen LogP contribution in [0.1, 0.15) is 41.0 Å². The van der Waals surface area contributed by atoms with Crippen molar-refractivity contribution in [1.82, 2.24) is 14.8 Å². The van der Waals surface area contributed by atoms with E-state index in [0.29, 0.717) is 12.1 Å². The van der Waals surface area contributed by atoms with Crippen LogP contribution in [0.5, 0.6) is 0 Å². The molecule has 0 saturated heterocycles. The number of aromatic nitrogens is 3. The third-order valence-electron chi connectivity index (χ3n) is 3.94. The second kappa shape index (κ2) is 6.74. The van der Waals surface area contributed by atoms with E-state index in [1.807, 2.05) is 0 Å². The van der Waals surface area contributed by atoms with E-state index in [0.717, 1.165) is 10.9 Å². The number of pyridine rings is 1. The zero-order valence-corrected chi connectivity index (χ0v) is 13.5. The van der Waals surface area contributed by atoms with E-state index in [1.165, 1.54) is 6.20 Å². The fraction of sp³-hybridized carbons (Fsp3) is 0.294. The lowest BCUT2D eigenvalue weighted by molar-refractivity contribution is -0.141. The highest BCUT2D eigenvalue weighted by Gasteiger charge is 2.41. The van der Waals surface area contributed by atoms with Crippen LogP contribution in [0.2, 0.25) is 0 Å². The predicted molar refractivity (Wildman–Crippen MR) is 83.4 cm³/mol. The molecule has 0 radical (unpaired) electrons. The molecule has 0 bridgehead atoms. The molecule has 0 unspecified atom stereocenters. The number of rotatable bonds is 4. The molecule has 1 aliphatic carbocycles. The molecule has 2 aromatic rings. The zero-order chi connectivity index (χ0) is 18.9. The monoisotopic (exact) mass is 365 g/mol. The minimum absolute atomic E-state index is 0.00849. The Labute approximate surface area is 146 Å². The number of carbonyl (C=O) groups excluding carboxylic acids is 2. The number of Topliss-reactive ketones (excluding diaryl/α,β-unsaturated/α-hetero) is 2. The fourth-order valence-electron chi connectivity index (χ4n) is 2.76. The Bertz CT molecular complexity index is 886. The predicted octanol–water partition coefficient (Wildman–Crippen LogP) is 3.09. The third-order valence-corrected chi connectivity index (χ3v) is 3.94. The molecule has 136 valence electrons. The zero-order valence-electron chi connectivity index (χ0n) is 13.5. The topological polar surface area (TPSA) is 85.1 Å². The van der Waals surface area contributed by atoms with Crippen LogP contribution in [0.25, 0.3) is 0 Å². The standard InChI is InChI=1S/C17H14F3N3O3/c18-17(19,20)16-11(15(26)14-12(24)5-3-6-13(14)25)9-23(22-16)8-10-4-1-2-7-21-10/h1-2,4,7,9,24H,3,5-6,8H2. The summed E-state index contributed by atoms with van der Waals surface area (Å²) in [5.74, 6) is -2.30. The van der Waals surface area contributed by atoms with E-state index in [-0.39, 0.29) is 19.4 Å². The third kappa shape index (κ3) is 3.51. The Hall–Kier alpha value is -2.97. The highest BCUT2D eigenvalue weighted by molar-refractivity contribution is 6.27. The molecular weight excluding hydrogens is 351 g/mol. The summed E-state index contributed by atoms with van der Waals surface area (Å²) >= 11 is 0. The van der Waals surface area contributed by atoms with Crippen LogP contribution in [0.15, 0.2) is 41.9 Å². The van der Waals surface area contributed by atoms with Gasteiger partial charge in [0, 0.05) is 25.2 Å². The van der Waals surface area contributed by atoms with Gasteiger partial charge in [-0.1, -0.05) is 6.07 Å². The van der Waals surface area contributed by atoms with Gasteiger partial charge >= 0.3 is 6.18 Å². The van der Waals surface area contributed by atoms with Gasteiger partial charge in [0.25, 0.3) is 0 Å². The summed E-state index contributed by atoms with van der Waals surface area (Å²) in [5.41, 5.74) is -2.28. The average molecular weight is 365 g/mol. The second-order valence-corrected chi connectivity index (χ2v) is 5.84. The number of aliphatic hydroxyl groups is 1. The summed E-state index contributed by atoms with van der Waals surface area (Å²) in [6.45, 7) is -0.0732. The molecule has 9 heteroatoms. The van der Waals surface area contributed by atoms with Crippen molar-refractivity contribution in [2.45, 2.75) is 32.0 Å². The normalized spacial score (nSPS) is 15.4. The summed E-state index contributed by atoms with van der Waals surface area (Å²) < 4.78 is 40.9. The first-order valence-electron chi connectivity index (χ1n) is 7.82. The maximum Gasteiger partial charge on any atom is 0.435 e. The lowest BCUT2D eigenvalue weighted by atomic mass is 9.90. The van der Waals surface area contributed by atoms with E-state index in [2.05, 4.69) is 10.1 Å². The number of ketones is 2. The lowest BCUT2D eigenvalue weighted by Crippen LogP contribution is -2.21. The summed E-state index contributed by atoms with van der Waals surface area (Å²) in [4.78, 5) is 28.5. The number of alkyl halides is 3. The maximum absolute atomic E-state index is 13.3. The first-order valence-corrected chi connectivity index (χ1v) is 7.82. The Kier molecular flexibility index (Phi) is 4.62. The smallest absolute Gasteiger partial charge is 0.435 e. The van der Waals surface area contributed by atoms with Crippen molar-refractivity contribution in [2.24, 2.45) is 0 Å². The van der Waals surface area contributed by atoms with Crippen molar-refractivity contribution in [2.75, 3.05) is 0 Å². The molecule has 1 aliphatic rings. The molecule has 0 fully saturated rings. The number of hydrogen-bond donors (Lipinski definition) is 1. The fourth-order valence-corrected chi connectivity index (χ4v) is 2.76. The molecule has 0 amide bonds. The second-order valence-electron chi connectivity index (χ2n) is 5.84. The van der Waals surface area contributed by atoms with Gasteiger partial charge in [0.15, 0.2) is 11.5 Å². The molecule has 1 N–H and O–H groups in total. The molecule has 0 aromatic carbocycles. The maximum atomic E-state index is 13.3. The Morgan fingerprint density at radius 3 is 2.65 bits per heavy atom. The number of allylic oxidation sites excluding steroid dienone is 2. The van der Waals surface area contributed by atoms with Gasteiger partial charge in [0.05, 0.1) is 17.8 Å². The minimum Gasteiger partial charge on any atom is -0.511 e. The van der Waals surface area contributed by atoms with Crippen LogP contribution in [-0.2, 0) is 17.5 Å². The summed E-state index contributed by atoms with van der Waals surface area (Å²) in [6.07, 6.45) is -2.02. The van der Waals surface area contributed by atoms with Crippen LogP contribution in [0.3, 0.4) is 0 Å². The Morgan fingerprint density at radius 1 is 1.27 bits per heavy atom. The van der Waals surface area contributed by atoms with Crippen molar-refractivity contribution < 1.29 is 27.9 Å². The van der Waals surface area contributed by atoms with E-state index < -0.39 is 40.3 Å². The SMILES string of the molecule is O=C1CCCC(O)=C1C(=O)c1cn(Cc2ccccn2)nc1C(F)(F)F. The van der Waals surface area contributed by atoms with E-state index in [9.17, 15) is 27.9 Å². The largest absolute Gasteiger partial charge is 0.511 e. The molecule has 26 heavy (non-hydrogen) atoms. The van der Waals surface area contributed by atoms with Gasteiger partial charge in [-0.25, -0.2) is 0 Å². The van der Waals surface area contributed by atoms with Gasteiger partial charge < -0.3 is 5.11 Å². The first kappa shape index (κ1) is 17.8. The van der Waals surface area contributed by atoms with Gasteiger partial charge in [-0.3, -0.25) is 19.3 Å². The van der Waals surface area contributed by atoms with E-state index in [1.54, 1.807) is 18.2 Å². The van der Waals surface area contributed by atoms with Gasteiger partial charge in [0.2, 0.25) is 5.78 Å². The molecule has 2 heterocycles. The number of nitrogens with zero attached hydrogens (tertiary/aromatic N) is 3. The average Bonchev–Trinajstić information content (AvgIpc) is 3.00. The molecule has 0 atom stereocenters. The number of halogens is 3. The number of aliphatic hydroxyl groups excluding tert-OH is 1. The molecule has 3 rings (SSSR count). The van der Waals surface area contributed by atoms with Crippen molar-refractivity contribution >= 4 is 11.6 Å².